The first-order valence-corrected chi connectivity index (χ1v) is 12.2. The highest BCUT2D eigenvalue weighted by Gasteiger charge is 2.26. The first-order chi connectivity index (χ1) is 15.0. The summed E-state index contributed by atoms with van der Waals surface area (Å²) in [6.07, 6.45) is 14.0. The average molecular weight is 441 g/mol. The molecule has 3 heterocycles. The van der Waals surface area contributed by atoms with Crippen molar-refractivity contribution in [3.8, 4) is 6.07 Å². The van der Waals surface area contributed by atoms with Crippen LogP contribution in [0, 0.1) is 17.2 Å². The molecule has 168 valence electrons. The Labute approximate surface area is 191 Å². The topological polar surface area (TPSA) is 68.5 Å². The Morgan fingerprint density at radius 3 is 2.87 bits per heavy atom. The van der Waals surface area contributed by atoms with Crippen LogP contribution in [-0.4, -0.2) is 30.6 Å². The number of anilines is 1. The zero-order valence-electron chi connectivity index (χ0n) is 19.2. The lowest BCUT2D eigenvalue weighted by Gasteiger charge is -2.27. The highest BCUT2D eigenvalue weighted by atomic mass is 32.1. The summed E-state index contributed by atoms with van der Waals surface area (Å²) in [4.78, 5) is 19.6. The van der Waals surface area contributed by atoms with Crippen LogP contribution in [0.4, 0.5) is 5.00 Å². The minimum atomic E-state index is 0.159. The number of amides is 1. The molecule has 0 fully saturated rings. The van der Waals surface area contributed by atoms with E-state index in [1.165, 1.54) is 25.7 Å². The number of fused-ring (bicyclic) bond motifs is 1. The fourth-order valence-corrected chi connectivity index (χ4v) is 5.10. The van der Waals surface area contributed by atoms with Gasteiger partial charge in [0.25, 0.3) is 0 Å². The van der Waals surface area contributed by atoms with E-state index in [0.29, 0.717) is 19.5 Å². The Balaban J connectivity index is 0.000000323. The molecule has 0 radical (unpaired) electrons. The number of hydrogen-bond donors (Lipinski definition) is 1. The minimum Gasteiger partial charge on any atom is -0.379 e. The van der Waals surface area contributed by atoms with E-state index < -0.39 is 0 Å². The van der Waals surface area contributed by atoms with Crippen molar-refractivity contribution < 1.29 is 4.79 Å². The fourth-order valence-electron chi connectivity index (χ4n) is 3.94. The summed E-state index contributed by atoms with van der Waals surface area (Å²) in [5.74, 6) is 1.06. The Morgan fingerprint density at radius 2 is 2.26 bits per heavy atom. The smallest absolute Gasteiger partial charge is 0.227 e. The van der Waals surface area contributed by atoms with Crippen molar-refractivity contribution in [1.29, 1.82) is 5.26 Å². The molecule has 0 aromatic carbocycles. The van der Waals surface area contributed by atoms with E-state index in [2.05, 4.69) is 36.8 Å². The average Bonchev–Trinajstić information content (AvgIpc) is 3.16. The van der Waals surface area contributed by atoms with Gasteiger partial charge in [-0.05, 0) is 49.2 Å². The molecule has 3 rings (SSSR count). The van der Waals surface area contributed by atoms with Gasteiger partial charge in [0.2, 0.25) is 5.91 Å². The number of thiophene rings is 1. The van der Waals surface area contributed by atoms with Crippen molar-refractivity contribution in [2.24, 2.45) is 10.9 Å². The summed E-state index contributed by atoms with van der Waals surface area (Å²) < 4.78 is 0. The van der Waals surface area contributed by atoms with Gasteiger partial charge in [0, 0.05) is 37.3 Å². The van der Waals surface area contributed by atoms with Gasteiger partial charge in [0.05, 0.1) is 12.1 Å². The maximum Gasteiger partial charge on any atom is 0.227 e. The number of carbonyl (C=O) groups excluding carboxylic acids is 1. The van der Waals surface area contributed by atoms with Crippen molar-refractivity contribution in [2.45, 2.75) is 71.8 Å². The molecule has 1 amide bonds. The fraction of sp³-hybridized carbons (Fsp3) is 0.560. The molecule has 1 N–H and O–H groups in total. The van der Waals surface area contributed by atoms with E-state index in [4.69, 9.17) is 0 Å². The summed E-state index contributed by atoms with van der Waals surface area (Å²) >= 11 is 1.59. The molecule has 1 aromatic heterocycles. The van der Waals surface area contributed by atoms with Crippen LogP contribution in [0.2, 0.25) is 0 Å². The molecule has 6 heteroatoms. The zero-order valence-corrected chi connectivity index (χ0v) is 20.1. The predicted molar refractivity (Wildman–Crippen MR) is 132 cm³/mol. The van der Waals surface area contributed by atoms with E-state index in [1.807, 2.05) is 30.4 Å². The molecule has 0 saturated heterocycles. The molecular formula is C25H36N4OS. The molecule has 0 saturated carbocycles. The number of hydrogen-bond acceptors (Lipinski definition) is 5. The minimum absolute atomic E-state index is 0.159. The number of nitriles is 1. The summed E-state index contributed by atoms with van der Waals surface area (Å²) in [5, 5.41) is 13.3. The van der Waals surface area contributed by atoms with Crippen molar-refractivity contribution in [3.63, 3.8) is 0 Å². The summed E-state index contributed by atoms with van der Waals surface area (Å²) in [6, 6.07) is 2.28. The maximum atomic E-state index is 12.5. The lowest BCUT2D eigenvalue weighted by atomic mass is 10.0. The molecule has 5 nitrogen and oxygen atoms in total. The van der Waals surface area contributed by atoms with Gasteiger partial charge in [-0.2, -0.15) is 5.26 Å². The largest absolute Gasteiger partial charge is 0.379 e. The number of nitrogens with zero attached hydrogens (tertiary/aromatic N) is 3. The van der Waals surface area contributed by atoms with Gasteiger partial charge in [-0.3, -0.25) is 9.79 Å². The number of allylic oxidation sites excluding steroid dienone is 1. The third kappa shape index (κ3) is 7.36. The number of nitrogens with one attached hydrogen (secondary N) is 1. The van der Waals surface area contributed by atoms with E-state index >= 15 is 0 Å². The van der Waals surface area contributed by atoms with Crippen molar-refractivity contribution in [1.82, 2.24) is 4.90 Å². The van der Waals surface area contributed by atoms with Crippen molar-refractivity contribution >= 4 is 28.5 Å². The SMILES string of the molecule is C=CCCC(C)CCC.CNc1sc2c(c1C#N)CCN(C(=O)CC1=CN=CCC1)C2. The number of rotatable bonds is 8. The van der Waals surface area contributed by atoms with Gasteiger partial charge in [0.15, 0.2) is 0 Å². The van der Waals surface area contributed by atoms with Crippen LogP contribution >= 0.6 is 11.3 Å². The summed E-state index contributed by atoms with van der Waals surface area (Å²) in [7, 11) is 1.83. The monoisotopic (exact) mass is 440 g/mol. The Kier molecular flexibility index (Phi) is 10.5. The highest BCUT2D eigenvalue weighted by Crippen LogP contribution is 2.36. The van der Waals surface area contributed by atoms with Gasteiger partial charge >= 0.3 is 0 Å². The molecule has 31 heavy (non-hydrogen) atoms. The van der Waals surface area contributed by atoms with Crippen LogP contribution in [0.15, 0.2) is 29.4 Å². The molecular weight excluding hydrogens is 404 g/mol. The zero-order chi connectivity index (χ0) is 22.6. The second-order valence-corrected chi connectivity index (χ2v) is 9.33. The third-order valence-electron chi connectivity index (χ3n) is 5.73. The van der Waals surface area contributed by atoms with Crippen LogP contribution < -0.4 is 5.32 Å². The predicted octanol–water partition coefficient (Wildman–Crippen LogP) is 6.07. The van der Waals surface area contributed by atoms with Gasteiger partial charge in [-0.15, -0.1) is 17.9 Å². The Bertz CT molecular complexity index is 846. The van der Waals surface area contributed by atoms with Crippen molar-refractivity contribution in [3.05, 3.63) is 40.4 Å². The Hall–Kier alpha value is -2.39. The maximum absolute atomic E-state index is 12.5. The van der Waals surface area contributed by atoms with Crippen LogP contribution in [0.3, 0.4) is 0 Å². The molecule has 1 unspecified atom stereocenters. The molecule has 0 bridgehead atoms. The molecule has 1 aromatic rings. The quantitative estimate of drug-likeness (QED) is 0.499. The second-order valence-electron chi connectivity index (χ2n) is 8.23. The molecule has 2 aliphatic rings. The van der Waals surface area contributed by atoms with Crippen LogP contribution in [0.25, 0.3) is 0 Å². The normalized spacial score (nSPS) is 15.7. The standard InChI is InChI=1S/C16H18N4OS.C9H18/c1-18-16-13(8-17)12-4-6-20(10-14(12)22-16)15(21)7-11-3-2-5-19-9-11;1-4-6-8-9(3)7-5-2/h5,9,18H,2-4,6-7,10H2,1H3;4,9H,1,5-8H2,2-3H3. The van der Waals surface area contributed by atoms with Crippen LogP contribution in [-0.2, 0) is 17.8 Å². The van der Waals surface area contributed by atoms with Gasteiger partial charge in [-0.25, -0.2) is 0 Å². The van der Waals surface area contributed by atoms with E-state index in [9.17, 15) is 10.1 Å². The first kappa shape index (κ1) is 24.9. The molecule has 2 aliphatic heterocycles. The molecule has 0 spiro atoms. The summed E-state index contributed by atoms with van der Waals surface area (Å²) in [5.41, 5.74) is 2.97. The second kappa shape index (κ2) is 13.1. The lowest BCUT2D eigenvalue weighted by molar-refractivity contribution is -0.131. The van der Waals surface area contributed by atoms with E-state index in [1.54, 1.807) is 11.3 Å². The van der Waals surface area contributed by atoms with Crippen molar-refractivity contribution in [2.75, 3.05) is 18.9 Å². The van der Waals surface area contributed by atoms with Gasteiger partial charge < -0.3 is 10.2 Å². The lowest BCUT2D eigenvalue weighted by Crippen LogP contribution is -2.35. The number of carbonyl (C=O) groups is 1. The molecule has 1 atom stereocenters. The van der Waals surface area contributed by atoms with Crippen LogP contribution in [0.1, 0.15) is 74.8 Å². The van der Waals surface area contributed by atoms with E-state index in [0.717, 1.165) is 51.8 Å². The molecule has 0 aliphatic carbocycles. The number of aliphatic imine (C=N–C) groups is 1. The summed E-state index contributed by atoms with van der Waals surface area (Å²) in [6.45, 7) is 9.55. The third-order valence-corrected chi connectivity index (χ3v) is 6.96. The van der Waals surface area contributed by atoms with Gasteiger partial charge in [-0.1, -0.05) is 32.8 Å². The Morgan fingerprint density at radius 1 is 1.45 bits per heavy atom. The first-order valence-electron chi connectivity index (χ1n) is 11.3. The highest BCUT2D eigenvalue weighted by molar-refractivity contribution is 7.16. The van der Waals surface area contributed by atoms with Crippen LogP contribution in [0.5, 0.6) is 0 Å². The van der Waals surface area contributed by atoms with E-state index in [-0.39, 0.29) is 5.91 Å². The van der Waals surface area contributed by atoms with Gasteiger partial charge in [0.1, 0.15) is 11.1 Å².